The molecule has 3 aliphatic rings. The number of aromatic amines is 1. The highest BCUT2D eigenvalue weighted by Gasteiger charge is 2.63. The Morgan fingerprint density at radius 2 is 1.76 bits per heavy atom. The third-order valence-electron chi connectivity index (χ3n) is 8.33. The van der Waals surface area contributed by atoms with Gasteiger partial charge in [0.15, 0.2) is 5.41 Å². The van der Waals surface area contributed by atoms with E-state index >= 15 is 0 Å². The SMILES string of the molecule is Cc1cccc(-n2c(O)c(C=Nc3ccc4c(c3)CC3(C(=O)N(C)C(=O)N(C)C3=O)C3CCCN43)c(=O)[nH]c2=O)c1. The molecule has 1 unspecified atom stereocenters. The van der Waals surface area contributed by atoms with E-state index in [0.717, 1.165) is 32.0 Å². The number of aromatic nitrogens is 2. The first-order valence-corrected chi connectivity index (χ1v) is 13.2. The van der Waals surface area contributed by atoms with E-state index in [1.54, 1.807) is 30.3 Å². The summed E-state index contributed by atoms with van der Waals surface area (Å²) in [5.41, 5.74) is 0.00773. The number of rotatable bonds is 3. The second-order valence-corrected chi connectivity index (χ2v) is 10.8. The molecule has 1 atom stereocenters. The van der Waals surface area contributed by atoms with Gasteiger partial charge in [-0.3, -0.25) is 34.2 Å². The predicted octanol–water partition coefficient (Wildman–Crippen LogP) is 1.85. The van der Waals surface area contributed by atoms with Gasteiger partial charge in [-0.1, -0.05) is 12.1 Å². The van der Waals surface area contributed by atoms with Gasteiger partial charge in [-0.05, 0) is 67.6 Å². The van der Waals surface area contributed by atoms with Crippen LogP contribution in [0.5, 0.6) is 5.88 Å². The molecule has 2 N–H and O–H groups in total. The van der Waals surface area contributed by atoms with Crippen molar-refractivity contribution in [2.75, 3.05) is 25.5 Å². The third-order valence-corrected chi connectivity index (χ3v) is 8.33. The standard InChI is InChI=1S/C29H28N6O6/c1-16-6-4-7-19(12-16)35-24(37)20(23(36)31-27(35)40)15-30-18-9-10-21-17(13-18)14-29(22-8-5-11-34(21)22)25(38)32(2)28(41)33(3)26(29)39/h4,6-7,9-10,12-13,15,22,37H,5,8,11,14H2,1-3H3,(H,31,36,40). The summed E-state index contributed by atoms with van der Waals surface area (Å²) >= 11 is 0. The fourth-order valence-corrected chi connectivity index (χ4v) is 6.39. The predicted molar refractivity (Wildman–Crippen MR) is 150 cm³/mol. The van der Waals surface area contributed by atoms with Crippen molar-refractivity contribution in [3.05, 3.63) is 80.0 Å². The molecule has 2 saturated heterocycles. The number of urea groups is 1. The van der Waals surface area contributed by atoms with Crippen LogP contribution in [0.4, 0.5) is 16.2 Å². The number of aromatic hydroxyl groups is 1. The minimum Gasteiger partial charge on any atom is -0.493 e. The summed E-state index contributed by atoms with van der Waals surface area (Å²) in [6.45, 7) is 2.50. The maximum atomic E-state index is 13.6. The number of fused-ring (bicyclic) bond motifs is 4. The van der Waals surface area contributed by atoms with E-state index in [-0.39, 0.29) is 18.0 Å². The maximum Gasteiger partial charge on any atom is 0.335 e. The van der Waals surface area contributed by atoms with E-state index in [4.69, 9.17) is 0 Å². The van der Waals surface area contributed by atoms with Crippen molar-refractivity contribution in [1.82, 2.24) is 19.4 Å². The first kappa shape index (κ1) is 26.2. The lowest BCUT2D eigenvalue weighted by Crippen LogP contribution is -2.70. The molecule has 210 valence electrons. The zero-order valence-corrected chi connectivity index (χ0v) is 22.7. The smallest absolute Gasteiger partial charge is 0.335 e. The van der Waals surface area contributed by atoms with E-state index in [0.29, 0.717) is 29.9 Å². The molecule has 0 saturated carbocycles. The molecule has 0 bridgehead atoms. The van der Waals surface area contributed by atoms with E-state index in [2.05, 4.69) is 14.9 Å². The number of barbiturate groups is 1. The number of anilines is 1. The van der Waals surface area contributed by atoms with Gasteiger partial charge in [0.05, 0.1) is 17.4 Å². The van der Waals surface area contributed by atoms with Crippen LogP contribution in [0.25, 0.3) is 5.69 Å². The normalized spacial score (nSPS) is 19.8. The van der Waals surface area contributed by atoms with Gasteiger partial charge >= 0.3 is 11.7 Å². The highest BCUT2D eigenvalue weighted by atomic mass is 16.3. The van der Waals surface area contributed by atoms with Crippen molar-refractivity contribution < 1.29 is 19.5 Å². The van der Waals surface area contributed by atoms with Crippen LogP contribution in [0.1, 0.15) is 29.5 Å². The van der Waals surface area contributed by atoms with E-state index in [1.807, 2.05) is 19.1 Å². The molecule has 12 nitrogen and oxygen atoms in total. The summed E-state index contributed by atoms with van der Waals surface area (Å²) in [5, 5.41) is 10.9. The number of hydrogen-bond donors (Lipinski definition) is 2. The van der Waals surface area contributed by atoms with Gasteiger partial charge in [0.2, 0.25) is 17.7 Å². The lowest BCUT2D eigenvalue weighted by molar-refractivity contribution is -0.159. The number of nitrogens with one attached hydrogen (secondary N) is 1. The van der Waals surface area contributed by atoms with E-state index < -0.39 is 40.4 Å². The average Bonchev–Trinajstić information content (AvgIpc) is 3.44. The summed E-state index contributed by atoms with van der Waals surface area (Å²) in [7, 11) is 2.79. The number of aryl methyl sites for hydroxylation is 1. The van der Waals surface area contributed by atoms with Crippen LogP contribution >= 0.6 is 0 Å². The molecular weight excluding hydrogens is 528 g/mol. The maximum absolute atomic E-state index is 13.6. The van der Waals surface area contributed by atoms with Crippen molar-refractivity contribution in [3.63, 3.8) is 0 Å². The van der Waals surface area contributed by atoms with Crippen LogP contribution in [0.2, 0.25) is 0 Å². The molecule has 4 amide bonds. The molecule has 4 heterocycles. The van der Waals surface area contributed by atoms with Crippen molar-refractivity contribution in [3.8, 4) is 11.6 Å². The molecule has 1 aromatic heterocycles. The fraction of sp³-hybridized carbons (Fsp3) is 0.310. The Morgan fingerprint density at radius 1 is 1.02 bits per heavy atom. The Bertz CT molecular complexity index is 1760. The van der Waals surface area contributed by atoms with Gasteiger partial charge in [-0.15, -0.1) is 0 Å². The second-order valence-electron chi connectivity index (χ2n) is 10.8. The number of nitrogens with zero attached hydrogens (tertiary/aromatic N) is 5. The zero-order valence-electron chi connectivity index (χ0n) is 22.7. The fourth-order valence-electron chi connectivity index (χ4n) is 6.39. The van der Waals surface area contributed by atoms with Gasteiger partial charge in [0.1, 0.15) is 5.56 Å². The number of aliphatic imine (C=N–C) groups is 1. The summed E-state index contributed by atoms with van der Waals surface area (Å²) < 4.78 is 0.995. The number of imide groups is 2. The van der Waals surface area contributed by atoms with Gasteiger partial charge in [-0.2, -0.15) is 0 Å². The highest BCUT2D eigenvalue weighted by molar-refractivity contribution is 6.20. The average molecular weight is 557 g/mol. The van der Waals surface area contributed by atoms with Crippen LogP contribution in [-0.2, 0) is 16.0 Å². The molecular formula is C29H28N6O6. The molecule has 12 heteroatoms. The first-order chi connectivity index (χ1) is 19.5. The minimum absolute atomic E-state index is 0.0938. The number of carbonyl (C=O) groups is 3. The van der Waals surface area contributed by atoms with Crippen LogP contribution in [0.15, 0.2) is 57.0 Å². The molecule has 41 heavy (non-hydrogen) atoms. The third kappa shape index (κ3) is 3.81. The quantitative estimate of drug-likeness (QED) is 0.370. The van der Waals surface area contributed by atoms with Crippen molar-refractivity contribution in [2.24, 2.45) is 10.4 Å². The van der Waals surface area contributed by atoms with Gasteiger partial charge in [0.25, 0.3) is 5.56 Å². The molecule has 0 aliphatic carbocycles. The number of hydrogen-bond acceptors (Lipinski definition) is 8. The Morgan fingerprint density at radius 3 is 2.46 bits per heavy atom. The second kappa shape index (κ2) is 9.29. The molecule has 0 radical (unpaired) electrons. The zero-order chi connectivity index (χ0) is 29.2. The largest absolute Gasteiger partial charge is 0.493 e. The molecule has 1 spiro atoms. The monoisotopic (exact) mass is 556 g/mol. The lowest BCUT2D eigenvalue weighted by Gasteiger charge is -2.50. The van der Waals surface area contributed by atoms with Crippen molar-refractivity contribution >= 4 is 35.4 Å². The molecule has 2 aromatic carbocycles. The lowest BCUT2D eigenvalue weighted by atomic mass is 9.68. The summed E-state index contributed by atoms with van der Waals surface area (Å²) in [4.78, 5) is 75.6. The van der Waals surface area contributed by atoms with Gasteiger partial charge < -0.3 is 10.0 Å². The van der Waals surface area contributed by atoms with Crippen LogP contribution < -0.4 is 16.1 Å². The summed E-state index contributed by atoms with van der Waals surface area (Å²) in [5.74, 6) is -1.59. The number of carbonyl (C=O) groups excluding carboxylic acids is 3. The number of benzene rings is 2. The van der Waals surface area contributed by atoms with Gasteiger partial charge in [0, 0.05) is 32.5 Å². The number of H-pyrrole nitrogens is 1. The minimum atomic E-state index is -1.44. The summed E-state index contributed by atoms with van der Waals surface area (Å²) in [6, 6.07) is 11.2. The van der Waals surface area contributed by atoms with Crippen molar-refractivity contribution in [1.29, 1.82) is 0 Å². The Balaban J connectivity index is 1.41. The van der Waals surface area contributed by atoms with E-state index in [9.17, 15) is 29.1 Å². The van der Waals surface area contributed by atoms with E-state index in [1.165, 1.54) is 20.3 Å². The summed E-state index contributed by atoms with van der Waals surface area (Å²) in [6.07, 6.45) is 2.71. The molecule has 2 fully saturated rings. The Kier molecular flexibility index (Phi) is 5.94. The van der Waals surface area contributed by atoms with Gasteiger partial charge in [-0.25, -0.2) is 14.2 Å². The van der Waals surface area contributed by atoms with Crippen LogP contribution in [0, 0.1) is 12.3 Å². The Labute approximate surface area is 234 Å². The van der Waals surface area contributed by atoms with Crippen molar-refractivity contribution in [2.45, 2.75) is 32.2 Å². The van der Waals surface area contributed by atoms with Crippen LogP contribution in [0.3, 0.4) is 0 Å². The van der Waals surface area contributed by atoms with Crippen LogP contribution in [-0.4, -0.2) is 75.2 Å². The molecule has 3 aromatic rings. The topological polar surface area (TPSA) is 148 Å². The molecule has 3 aliphatic heterocycles. The first-order valence-electron chi connectivity index (χ1n) is 13.2. The highest BCUT2D eigenvalue weighted by Crippen LogP contribution is 2.49. The Hall–Kier alpha value is -5.00. The number of amides is 4. The molecule has 6 rings (SSSR count).